The molecule has 2 fully saturated rings. The minimum Gasteiger partial charge on any atom is -0.497 e. The van der Waals surface area contributed by atoms with Gasteiger partial charge in [0.25, 0.3) is 0 Å². The molecule has 0 bridgehead atoms. The summed E-state index contributed by atoms with van der Waals surface area (Å²) in [6.07, 6.45) is 6.73. The van der Waals surface area contributed by atoms with Crippen molar-refractivity contribution >= 4 is 5.69 Å². The van der Waals surface area contributed by atoms with Gasteiger partial charge >= 0.3 is 0 Å². The average Bonchev–Trinajstić information content (AvgIpc) is 3.25. The Morgan fingerprint density at radius 1 is 1.03 bits per heavy atom. The molecule has 0 saturated carbocycles. The van der Waals surface area contributed by atoms with Crippen LogP contribution in [0.5, 0.6) is 5.75 Å². The van der Waals surface area contributed by atoms with Crippen LogP contribution in [-0.2, 0) is 5.54 Å². The molecule has 2 N–H and O–H groups in total. The highest BCUT2D eigenvalue weighted by Crippen LogP contribution is 2.29. The van der Waals surface area contributed by atoms with Crippen LogP contribution in [0.3, 0.4) is 0 Å². The van der Waals surface area contributed by atoms with E-state index in [1.807, 2.05) is 30.8 Å². The third-order valence-electron chi connectivity index (χ3n) is 6.44. The molecule has 2 aromatic rings. The summed E-state index contributed by atoms with van der Waals surface area (Å²) in [4.78, 5) is 5.17. The molecule has 29 heavy (non-hydrogen) atoms. The van der Waals surface area contributed by atoms with Gasteiger partial charge in [0, 0.05) is 44.0 Å². The van der Waals surface area contributed by atoms with Gasteiger partial charge in [-0.1, -0.05) is 11.3 Å². The van der Waals surface area contributed by atoms with Crippen molar-refractivity contribution in [3.05, 3.63) is 36.2 Å². The van der Waals surface area contributed by atoms with Gasteiger partial charge in [-0.3, -0.25) is 0 Å². The maximum atomic E-state index is 6.15. The first-order valence-electron chi connectivity index (χ1n) is 10.8. The van der Waals surface area contributed by atoms with E-state index in [-0.39, 0.29) is 0 Å². The Balaban J connectivity index is 1.28. The number of rotatable bonds is 5. The van der Waals surface area contributed by atoms with Crippen molar-refractivity contribution in [2.24, 2.45) is 5.73 Å². The summed E-state index contributed by atoms with van der Waals surface area (Å²) in [6, 6.07) is 9.53. The Morgan fingerprint density at radius 3 is 2.34 bits per heavy atom. The van der Waals surface area contributed by atoms with E-state index < -0.39 is 5.54 Å². The number of aromatic nitrogens is 3. The second-order valence-electron chi connectivity index (χ2n) is 8.99. The van der Waals surface area contributed by atoms with Gasteiger partial charge in [0.1, 0.15) is 11.4 Å². The lowest BCUT2D eigenvalue weighted by atomic mass is 9.97. The molecule has 0 radical (unpaired) electrons. The third kappa shape index (κ3) is 4.56. The van der Waals surface area contributed by atoms with Gasteiger partial charge in [-0.05, 0) is 51.7 Å². The van der Waals surface area contributed by atoms with E-state index in [1.165, 1.54) is 18.5 Å². The van der Waals surface area contributed by atoms with Crippen molar-refractivity contribution in [3.8, 4) is 5.75 Å². The zero-order chi connectivity index (χ0) is 20.4. The molecule has 4 rings (SSSR count). The van der Waals surface area contributed by atoms with Crippen molar-refractivity contribution in [1.29, 1.82) is 0 Å². The van der Waals surface area contributed by atoms with E-state index in [0.717, 1.165) is 50.5 Å². The van der Waals surface area contributed by atoms with Crippen molar-refractivity contribution < 1.29 is 4.74 Å². The number of hydrogen-bond acceptors (Lipinski definition) is 6. The number of nitrogens with two attached hydrogens (primary N) is 1. The van der Waals surface area contributed by atoms with Crippen LogP contribution < -0.4 is 15.4 Å². The largest absolute Gasteiger partial charge is 0.497 e. The fraction of sp³-hybridized carbons (Fsp3) is 0.636. The molecule has 0 amide bonds. The van der Waals surface area contributed by atoms with E-state index >= 15 is 0 Å². The molecule has 0 spiro atoms. The predicted molar refractivity (Wildman–Crippen MR) is 115 cm³/mol. The summed E-state index contributed by atoms with van der Waals surface area (Å²) in [6.45, 7) is 8.43. The highest BCUT2D eigenvalue weighted by Gasteiger charge is 2.30. The molecule has 3 heterocycles. The number of likely N-dealkylation sites (tertiary alicyclic amines) is 1. The van der Waals surface area contributed by atoms with Gasteiger partial charge in [0.05, 0.1) is 24.9 Å². The molecule has 2 saturated heterocycles. The lowest BCUT2D eigenvalue weighted by molar-refractivity contribution is 0.113. The van der Waals surface area contributed by atoms with Crippen molar-refractivity contribution in [2.75, 3.05) is 38.2 Å². The van der Waals surface area contributed by atoms with Crippen molar-refractivity contribution in [3.63, 3.8) is 0 Å². The maximum Gasteiger partial charge on any atom is 0.120 e. The minimum absolute atomic E-state index is 0.435. The highest BCUT2D eigenvalue weighted by atomic mass is 16.5. The third-order valence-corrected chi connectivity index (χ3v) is 6.44. The standard InChI is InChI=1S/C22H34N6O/c1-22(2,23)21-16-28(25-24-21)18-9-13-26(14-10-18)17-7-11-27(12-8-17)19-5-4-6-20(15-19)29-3/h4-6,15-18H,7-14,23H2,1-3H3. The smallest absolute Gasteiger partial charge is 0.120 e. The van der Waals surface area contributed by atoms with Crippen LogP contribution in [0.25, 0.3) is 0 Å². The fourth-order valence-corrected chi connectivity index (χ4v) is 4.56. The summed E-state index contributed by atoms with van der Waals surface area (Å²) < 4.78 is 7.41. The summed E-state index contributed by atoms with van der Waals surface area (Å²) in [7, 11) is 1.73. The van der Waals surface area contributed by atoms with Crippen LogP contribution in [0, 0.1) is 0 Å². The number of ether oxygens (including phenoxy) is 1. The fourth-order valence-electron chi connectivity index (χ4n) is 4.56. The lowest BCUT2D eigenvalue weighted by Gasteiger charge is -2.42. The highest BCUT2D eigenvalue weighted by molar-refractivity contribution is 5.51. The second-order valence-corrected chi connectivity index (χ2v) is 8.99. The van der Waals surface area contributed by atoms with E-state index in [1.54, 1.807) is 7.11 Å². The van der Waals surface area contributed by atoms with Crippen LogP contribution in [0.15, 0.2) is 30.5 Å². The molecular formula is C22H34N6O. The molecule has 1 aromatic heterocycles. The summed E-state index contributed by atoms with van der Waals surface area (Å²) >= 11 is 0. The van der Waals surface area contributed by atoms with Crippen LogP contribution in [0.2, 0.25) is 0 Å². The Hall–Kier alpha value is -2.12. The van der Waals surface area contributed by atoms with Crippen LogP contribution in [0.4, 0.5) is 5.69 Å². The molecule has 2 aliphatic heterocycles. The first kappa shape index (κ1) is 20.2. The average molecular weight is 399 g/mol. The quantitative estimate of drug-likeness (QED) is 0.835. The Labute approximate surface area is 173 Å². The van der Waals surface area contributed by atoms with E-state index in [4.69, 9.17) is 10.5 Å². The van der Waals surface area contributed by atoms with Gasteiger partial charge < -0.3 is 20.3 Å². The molecule has 1 aromatic carbocycles. The van der Waals surface area contributed by atoms with Crippen molar-refractivity contribution in [1.82, 2.24) is 19.9 Å². The Bertz CT molecular complexity index is 798. The summed E-state index contributed by atoms with van der Waals surface area (Å²) in [5, 5.41) is 8.63. The zero-order valence-electron chi connectivity index (χ0n) is 17.9. The van der Waals surface area contributed by atoms with Gasteiger partial charge in [0.15, 0.2) is 0 Å². The molecular weight excluding hydrogens is 364 g/mol. The number of piperidine rings is 2. The molecule has 2 aliphatic rings. The summed E-state index contributed by atoms with van der Waals surface area (Å²) in [5.74, 6) is 0.931. The van der Waals surface area contributed by atoms with E-state index in [2.05, 4.69) is 38.3 Å². The van der Waals surface area contributed by atoms with Gasteiger partial charge in [-0.25, -0.2) is 4.68 Å². The van der Waals surface area contributed by atoms with Gasteiger partial charge in [-0.15, -0.1) is 5.10 Å². The van der Waals surface area contributed by atoms with E-state index in [9.17, 15) is 0 Å². The molecule has 0 aliphatic carbocycles. The monoisotopic (exact) mass is 398 g/mol. The van der Waals surface area contributed by atoms with Gasteiger partial charge in [-0.2, -0.15) is 0 Å². The van der Waals surface area contributed by atoms with Crippen molar-refractivity contribution in [2.45, 2.75) is 57.2 Å². The number of nitrogens with zero attached hydrogens (tertiary/aromatic N) is 5. The second kappa shape index (κ2) is 8.32. The zero-order valence-corrected chi connectivity index (χ0v) is 17.9. The van der Waals surface area contributed by atoms with Crippen LogP contribution in [0.1, 0.15) is 51.3 Å². The number of benzene rings is 1. The normalized spacial score (nSPS) is 20.2. The van der Waals surface area contributed by atoms with Crippen LogP contribution >= 0.6 is 0 Å². The van der Waals surface area contributed by atoms with Crippen LogP contribution in [-0.4, -0.2) is 59.2 Å². The molecule has 0 unspecified atom stereocenters. The number of hydrogen-bond donors (Lipinski definition) is 1. The van der Waals surface area contributed by atoms with Gasteiger partial charge in [0.2, 0.25) is 0 Å². The maximum absolute atomic E-state index is 6.15. The van der Waals surface area contributed by atoms with E-state index in [0.29, 0.717) is 12.1 Å². The Kier molecular flexibility index (Phi) is 5.79. The molecule has 7 heteroatoms. The molecule has 158 valence electrons. The minimum atomic E-state index is -0.435. The summed E-state index contributed by atoms with van der Waals surface area (Å²) in [5.41, 5.74) is 7.85. The lowest BCUT2D eigenvalue weighted by Crippen LogP contribution is -2.48. The molecule has 7 nitrogen and oxygen atoms in total. The first-order valence-corrected chi connectivity index (χ1v) is 10.8. The number of methoxy groups -OCH3 is 1. The topological polar surface area (TPSA) is 72.4 Å². The predicted octanol–water partition coefficient (Wildman–Crippen LogP) is 2.79. The Morgan fingerprint density at radius 2 is 1.72 bits per heavy atom. The number of anilines is 1. The SMILES string of the molecule is COc1cccc(N2CCC(N3CCC(n4cc(C(C)(C)N)nn4)CC3)CC2)c1. The first-order chi connectivity index (χ1) is 13.9. The molecule has 0 atom stereocenters.